The van der Waals surface area contributed by atoms with E-state index in [9.17, 15) is 8.42 Å². The summed E-state index contributed by atoms with van der Waals surface area (Å²) in [6.45, 7) is 1.64. The van der Waals surface area contributed by atoms with Gasteiger partial charge in [-0.3, -0.25) is 4.72 Å². The summed E-state index contributed by atoms with van der Waals surface area (Å²) in [4.78, 5) is 0. The van der Waals surface area contributed by atoms with Crippen LogP contribution in [0, 0.1) is 0 Å². The first kappa shape index (κ1) is 11.3. The van der Waals surface area contributed by atoms with Crippen LogP contribution in [0.4, 0.5) is 5.69 Å². The molecule has 0 amide bonds. The Hall–Kier alpha value is -0.740. The molecule has 0 fully saturated rings. The van der Waals surface area contributed by atoms with E-state index in [1.165, 1.54) is 0 Å². The second kappa shape index (κ2) is 4.66. The largest absolute Gasteiger partial charge is 0.284 e. The fourth-order valence-corrected chi connectivity index (χ4v) is 2.71. The normalized spacial score (nSPS) is 13.6. The lowest BCUT2D eigenvalue weighted by Gasteiger charge is -2.08. The number of sulfonamides is 1. The molecule has 0 saturated carbocycles. The minimum atomic E-state index is -3.32. The van der Waals surface area contributed by atoms with Crippen molar-refractivity contribution < 1.29 is 8.42 Å². The van der Waals surface area contributed by atoms with Crippen LogP contribution in [0.3, 0.4) is 0 Å². The third-order valence-corrected chi connectivity index (χ3v) is 3.32. The van der Waals surface area contributed by atoms with Gasteiger partial charge in [-0.15, -0.1) is 11.6 Å². The molecule has 1 rings (SSSR count). The van der Waals surface area contributed by atoms with Crippen molar-refractivity contribution in [3.63, 3.8) is 0 Å². The van der Waals surface area contributed by atoms with Gasteiger partial charge in [0.2, 0.25) is 10.0 Å². The van der Waals surface area contributed by atoms with Gasteiger partial charge in [-0.1, -0.05) is 18.2 Å². The fourth-order valence-electron chi connectivity index (χ4n) is 1.03. The summed E-state index contributed by atoms with van der Waals surface area (Å²) in [7, 11) is -3.32. The molecule has 0 radical (unpaired) electrons. The topological polar surface area (TPSA) is 46.2 Å². The van der Waals surface area contributed by atoms with Crippen LogP contribution in [0.2, 0.25) is 0 Å². The van der Waals surface area contributed by atoms with E-state index >= 15 is 0 Å². The van der Waals surface area contributed by atoms with Crippen LogP contribution in [0.5, 0.6) is 0 Å². The van der Waals surface area contributed by atoms with E-state index in [-0.39, 0.29) is 5.75 Å². The molecule has 1 unspecified atom stereocenters. The monoisotopic (exact) mass is 233 g/mol. The number of halogens is 1. The molecule has 1 aromatic carbocycles. The Labute approximate surface area is 89.1 Å². The molecule has 14 heavy (non-hydrogen) atoms. The van der Waals surface area contributed by atoms with E-state index in [0.29, 0.717) is 5.69 Å². The lowest BCUT2D eigenvalue weighted by molar-refractivity contribution is 0.600. The first-order valence-electron chi connectivity index (χ1n) is 4.19. The third kappa shape index (κ3) is 3.98. The molecule has 1 atom stereocenters. The molecule has 0 aliphatic rings. The van der Waals surface area contributed by atoms with Crippen molar-refractivity contribution in [3.8, 4) is 0 Å². The minimum absolute atomic E-state index is 0.0799. The summed E-state index contributed by atoms with van der Waals surface area (Å²) in [6.07, 6.45) is 0. The summed E-state index contributed by atoms with van der Waals surface area (Å²) < 4.78 is 25.3. The number of rotatable bonds is 4. The first-order valence-corrected chi connectivity index (χ1v) is 6.28. The van der Waals surface area contributed by atoms with Gasteiger partial charge < -0.3 is 0 Å². The number of benzene rings is 1. The zero-order chi connectivity index (χ0) is 10.6. The van der Waals surface area contributed by atoms with Gasteiger partial charge in [0.1, 0.15) is 0 Å². The molecule has 1 N–H and O–H groups in total. The van der Waals surface area contributed by atoms with E-state index < -0.39 is 15.4 Å². The van der Waals surface area contributed by atoms with Gasteiger partial charge in [0.25, 0.3) is 0 Å². The molecule has 1 aromatic rings. The summed E-state index contributed by atoms with van der Waals surface area (Å²) in [5.41, 5.74) is 0.560. The molecule has 0 aliphatic heterocycles. The average Bonchev–Trinajstić information content (AvgIpc) is 2.02. The Morgan fingerprint density at radius 1 is 1.36 bits per heavy atom. The third-order valence-electron chi connectivity index (χ3n) is 1.50. The van der Waals surface area contributed by atoms with Gasteiger partial charge in [0.15, 0.2) is 0 Å². The average molecular weight is 234 g/mol. The van der Waals surface area contributed by atoms with Crippen LogP contribution >= 0.6 is 11.6 Å². The van der Waals surface area contributed by atoms with Gasteiger partial charge in [-0.25, -0.2) is 8.42 Å². The van der Waals surface area contributed by atoms with Crippen molar-refractivity contribution in [1.29, 1.82) is 0 Å². The SMILES string of the molecule is CC(Cl)CS(=O)(=O)Nc1ccccc1. The van der Waals surface area contributed by atoms with Crippen LogP contribution in [0.1, 0.15) is 6.92 Å². The maximum atomic E-state index is 11.4. The predicted molar refractivity (Wildman–Crippen MR) is 59.2 cm³/mol. The zero-order valence-corrected chi connectivity index (χ0v) is 9.35. The molecule has 3 nitrogen and oxygen atoms in total. The van der Waals surface area contributed by atoms with Crippen LogP contribution in [0.25, 0.3) is 0 Å². The van der Waals surface area contributed by atoms with Gasteiger partial charge in [0, 0.05) is 11.1 Å². The minimum Gasteiger partial charge on any atom is -0.284 e. The molecule has 0 bridgehead atoms. The Kier molecular flexibility index (Phi) is 3.77. The summed E-state index contributed by atoms with van der Waals surface area (Å²) in [5.74, 6) is -0.0799. The maximum Gasteiger partial charge on any atom is 0.234 e. The molecule has 0 spiro atoms. The quantitative estimate of drug-likeness (QED) is 0.810. The second-order valence-electron chi connectivity index (χ2n) is 3.03. The van der Waals surface area contributed by atoms with Gasteiger partial charge in [-0.2, -0.15) is 0 Å². The van der Waals surface area contributed by atoms with E-state index in [0.717, 1.165) is 0 Å². The predicted octanol–water partition coefficient (Wildman–Crippen LogP) is 2.06. The second-order valence-corrected chi connectivity index (χ2v) is 5.54. The number of para-hydroxylation sites is 1. The molecular weight excluding hydrogens is 222 g/mol. The highest BCUT2D eigenvalue weighted by molar-refractivity contribution is 7.92. The zero-order valence-electron chi connectivity index (χ0n) is 7.77. The molecule has 0 saturated heterocycles. The van der Waals surface area contributed by atoms with Crippen molar-refractivity contribution in [2.75, 3.05) is 10.5 Å². The Morgan fingerprint density at radius 2 is 1.93 bits per heavy atom. The molecule has 5 heteroatoms. The van der Waals surface area contributed by atoms with Crippen molar-refractivity contribution in [2.24, 2.45) is 0 Å². The molecule has 0 heterocycles. The standard InChI is InChI=1S/C9H12ClNO2S/c1-8(10)7-14(12,13)11-9-5-3-2-4-6-9/h2-6,8,11H,7H2,1H3. The van der Waals surface area contributed by atoms with Gasteiger partial charge in [0.05, 0.1) is 5.75 Å². The van der Waals surface area contributed by atoms with Crippen LogP contribution in [0.15, 0.2) is 30.3 Å². The Balaban J connectivity index is 2.70. The van der Waals surface area contributed by atoms with Gasteiger partial charge >= 0.3 is 0 Å². The number of hydrogen-bond donors (Lipinski definition) is 1. The Morgan fingerprint density at radius 3 is 2.43 bits per heavy atom. The lowest BCUT2D eigenvalue weighted by atomic mass is 10.3. The van der Waals surface area contributed by atoms with Crippen molar-refractivity contribution in [1.82, 2.24) is 0 Å². The first-order chi connectivity index (χ1) is 6.49. The highest BCUT2D eigenvalue weighted by Crippen LogP contribution is 2.09. The number of anilines is 1. The number of hydrogen-bond acceptors (Lipinski definition) is 2. The van der Waals surface area contributed by atoms with E-state index in [4.69, 9.17) is 11.6 Å². The van der Waals surface area contributed by atoms with Crippen molar-refractivity contribution in [2.45, 2.75) is 12.3 Å². The summed E-state index contributed by atoms with van der Waals surface area (Å²) in [6, 6.07) is 8.73. The van der Waals surface area contributed by atoms with Crippen LogP contribution < -0.4 is 4.72 Å². The Bertz CT molecular complexity index is 375. The highest BCUT2D eigenvalue weighted by atomic mass is 35.5. The smallest absolute Gasteiger partial charge is 0.234 e. The highest BCUT2D eigenvalue weighted by Gasteiger charge is 2.13. The van der Waals surface area contributed by atoms with E-state index in [1.54, 1.807) is 31.2 Å². The molecule has 0 aromatic heterocycles. The van der Waals surface area contributed by atoms with Gasteiger partial charge in [-0.05, 0) is 19.1 Å². The lowest BCUT2D eigenvalue weighted by Crippen LogP contribution is -2.21. The summed E-state index contributed by atoms with van der Waals surface area (Å²) >= 11 is 5.61. The number of alkyl halides is 1. The maximum absolute atomic E-state index is 11.4. The summed E-state index contributed by atoms with van der Waals surface area (Å²) in [5, 5.41) is -0.392. The molecule has 0 aliphatic carbocycles. The molecular formula is C9H12ClNO2S. The van der Waals surface area contributed by atoms with Crippen molar-refractivity contribution in [3.05, 3.63) is 30.3 Å². The molecule has 78 valence electrons. The van der Waals surface area contributed by atoms with Crippen LogP contribution in [-0.2, 0) is 10.0 Å². The number of nitrogens with one attached hydrogen (secondary N) is 1. The fraction of sp³-hybridized carbons (Fsp3) is 0.333. The van der Waals surface area contributed by atoms with Crippen molar-refractivity contribution >= 4 is 27.3 Å². The van der Waals surface area contributed by atoms with E-state index in [2.05, 4.69) is 4.72 Å². The van der Waals surface area contributed by atoms with E-state index in [1.807, 2.05) is 6.07 Å². The van der Waals surface area contributed by atoms with Crippen LogP contribution in [-0.4, -0.2) is 19.5 Å².